The van der Waals surface area contributed by atoms with Gasteiger partial charge >= 0.3 is 0 Å². The van der Waals surface area contributed by atoms with E-state index in [1.165, 1.54) is 51.7 Å². The van der Waals surface area contributed by atoms with Crippen LogP contribution in [0.5, 0.6) is 0 Å². The Morgan fingerprint density at radius 1 is 1.11 bits per heavy atom. The molecule has 0 aromatic heterocycles. The third-order valence-electron chi connectivity index (χ3n) is 5.20. The lowest BCUT2D eigenvalue weighted by molar-refractivity contribution is 0.0450. The maximum absolute atomic E-state index is 3.83. The van der Waals surface area contributed by atoms with Crippen LogP contribution in [0.15, 0.2) is 0 Å². The van der Waals surface area contributed by atoms with Crippen molar-refractivity contribution in [3.8, 4) is 0 Å². The van der Waals surface area contributed by atoms with Gasteiger partial charge in [-0.05, 0) is 50.0 Å². The Hall–Kier alpha value is -0.0800. The van der Waals surface area contributed by atoms with E-state index in [0.717, 1.165) is 29.8 Å². The molecule has 2 rings (SSSR count). The van der Waals surface area contributed by atoms with Crippen LogP contribution >= 0.6 is 0 Å². The van der Waals surface area contributed by atoms with Crippen molar-refractivity contribution < 1.29 is 0 Å². The van der Waals surface area contributed by atoms with E-state index < -0.39 is 0 Å². The minimum atomic E-state index is 0.737. The van der Waals surface area contributed by atoms with E-state index >= 15 is 0 Å². The number of nitrogens with zero attached hydrogens (tertiary/aromatic N) is 1. The second-order valence-electron chi connectivity index (χ2n) is 7.61. The molecule has 0 radical (unpaired) electrons. The highest BCUT2D eigenvalue weighted by atomic mass is 15.2. The zero-order valence-corrected chi connectivity index (χ0v) is 13.5. The summed E-state index contributed by atoms with van der Waals surface area (Å²) >= 11 is 0. The lowest BCUT2D eigenvalue weighted by Gasteiger charge is -2.46. The first-order chi connectivity index (χ1) is 9.06. The van der Waals surface area contributed by atoms with Crippen molar-refractivity contribution in [2.45, 2.75) is 71.9 Å². The van der Waals surface area contributed by atoms with Crippen LogP contribution in [-0.2, 0) is 0 Å². The molecule has 2 unspecified atom stereocenters. The first-order valence-electron chi connectivity index (χ1n) is 8.53. The van der Waals surface area contributed by atoms with Crippen LogP contribution in [0.3, 0.4) is 0 Å². The first-order valence-corrected chi connectivity index (χ1v) is 8.53. The van der Waals surface area contributed by atoms with Crippen LogP contribution in [0.4, 0.5) is 0 Å². The lowest BCUT2D eigenvalue weighted by Crippen LogP contribution is -2.55. The van der Waals surface area contributed by atoms with Gasteiger partial charge in [-0.25, -0.2) is 0 Å². The average molecular weight is 266 g/mol. The molecule has 2 heteroatoms. The monoisotopic (exact) mass is 266 g/mol. The van der Waals surface area contributed by atoms with Gasteiger partial charge in [0.15, 0.2) is 0 Å². The first kappa shape index (κ1) is 15.3. The van der Waals surface area contributed by atoms with Gasteiger partial charge in [-0.3, -0.25) is 4.90 Å². The third-order valence-corrected chi connectivity index (χ3v) is 5.20. The predicted molar refractivity (Wildman–Crippen MR) is 83.4 cm³/mol. The molecule has 2 fully saturated rings. The van der Waals surface area contributed by atoms with E-state index in [-0.39, 0.29) is 0 Å². The zero-order chi connectivity index (χ0) is 13.8. The summed E-state index contributed by atoms with van der Waals surface area (Å²) in [4.78, 5) is 2.80. The number of hydrogen-bond acceptors (Lipinski definition) is 2. The predicted octanol–water partition coefficient (Wildman–Crippen LogP) is 3.52. The number of nitrogens with one attached hydrogen (secondary N) is 1. The molecule has 112 valence electrons. The molecule has 0 spiro atoms. The summed E-state index contributed by atoms with van der Waals surface area (Å²) in [5.74, 6) is 2.54. The fraction of sp³-hybridized carbons (Fsp3) is 1.00. The van der Waals surface area contributed by atoms with Gasteiger partial charge in [-0.1, -0.05) is 34.1 Å². The van der Waals surface area contributed by atoms with Crippen molar-refractivity contribution in [1.29, 1.82) is 0 Å². The summed E-state index contributed by atoms with van der Waals surface area (Å²) in [5, 5.41) is 3.83. The number of rotatable bonds is 6. The quantitative estimate of drug-likeness (QED) is 0.791. The van der Waals surface area contributed by atoms with Gasteiger partial charge in [0, 0.05) is 25.2 Å². The Morgan fingerprint density at radius 2 is 1.84 bits per heavy atom. The van der Waals surface area contributed by atoms with Crippen molar-refractivity contribution in [2.24, 2.45) is 17.8 Å². The van der Waals surface area contributed by atoms with Crippen molar-refractivity contribution in [3.05, 3.63) is 0 Å². The SMILES string of the molecule is CC(C)CCNC1CC(C(C)C)CN(C2CCC2)C1. The molecule has 0 aromatic rings. The summed E-state index contributed by atoms with van der Waals surface area (Å²) in [5.41, 5.74) is 0. The molecule has 0 amide bonds. The smallest absolute Gasteiger partial charge is 0.0198 e. The van der Waals surface area contributed by atoms with Gasteiger partial charge in [0.2, 0.25) is 0 Å². The molecule has 1 aliphatic carbocycles. The summed E-state index contributed by atoms with van der Waals surface area (Å²) in [7, 11) is 0. The van der Waals surface area contributed by atoms with Gasteiger partial charge in [0.1, 0.15) is 0 Å². The molecular formula is C17H34N2. The number of piperidine rings is 1. The maximum Gasteiger partial charge on any atom is 0.0198 e. The minimum absolute atomic E-state index is 0.737. The van der Waals surface area contributed by atoms with Crippen LogP contribution in [0.1, 0.15) is 59.8 Å². The molecule has 2 atom stereocenters. The van der Waals surface area contributed by atoms with Gasteiger partial charge in [-0.15, -0.1) is 0 Å². The number of hydrogen-bond donors (Lipinski definition) is 1. The van der Waals surface area contributed by atoms with Gasteiger partial charge in [0.05, 0.1) is 0 Å². The van der Waals surface area contributed by atoms with E-state index in [1.54, 1.807) is 0 Å². The molecule has 1 heterocycles. The zero-order valence-electron chi connectivity index (χ0n) is 13.5. The van der Waals surface area contributed by atoms with Crippen LogP contribution in [0.2, 0.25) is 0 Å². The molecule has 0 aromatic carbocycles. The summed E-state index contributed by atoms with van der Waals surface area (Å²) in [6, 6.07) is 1.65. The highest BCUT2D eigenvalue weighted by molar-refractivity contribution is 4.90. The topological polar surface area (TPSA) is 15.3 Å². The fourth-order valence-corrected chi connectivity index (χ4v) is 3.43. The van der Waals surface area contributed by atoms with Gasteiger partial charge in [0.25, 0.3) is 0 Å². The van der Waals surface area contributed by atoms with E-state index in [9.17, 15) is 0 Å². The van der Waals surface area contributed by atoms with Crippen molar-refractivity contribution in [1.82, 2.24) is 10.2 Å². The molecule has 1 saturated heterocycles. The van der Waals surface area contributed by atoms with Crippen molar-refractivity contribution in [2.75, 3.05) is 19.6 Å². The Bertz CT molecular complexity index is 258. The van der Waals surface area contributed by atoms with Gasteiger partial charge in [-0.2, -0.15) is 0 Å². The summed E-state index contributed by atoms with van der Waals surface area (Å²) in [6.45, 7) is 13.3. The third kappa shape index (κ3) is 4.46. The van der Waals surface area contributed by atoms with E-state index in [4.69, 9.17) is 0 Å². The second kappa shape index (κ2) is 7.08. The Balaban J connectivity index is 1.83. The summed E-state index contributed by atoms with van der Waals surface area (Å²) in [6.07, 6.45) is 7.05. The highest BCUT2D eigenvalue weighted by Gasteiger charge is 2.34. The molecule has 1 aliphatic heterocycles. The average Bonchev–Trinajstić information content (AvgIpc) is 2.25. The van der Waals surface area contributed by atoms with Crippen molar-refractivity contribution >= 4 is 0 Å². The molecule has 1 N–H and O–H groups in total. The molecule has 2 nitrogen and oxygen atoms in total. The Morgan fingerprint density at radius 3 is 2.37 bits per heavy atom. The molecule has 2 aliphatic rings. The van der Waals surface area contributed by atoms with Crippen LogP contribution in [0, 0.1) is 17.8 Å². The highest BCUT2D eigenvalue weighted by Crippen LogP contribution is 2.31. The van der Waals surface area contributed by atoms with E-state index in [2.05, 4.69) is 37.9 Å². The Labute approximate surface area is 120 Å². The van der Waals surface area contributed by atoms with E-state index in [0.29, 0.717) is 0 Å². The van der Waals surface area contributed by atoms with Crippen LogP contribution in [-0.4, -0.2) is 36.6 Å². The molecule has 1 saturated carbocycles. The molecule has 0 bridgehead atoms. The van der Waals surface area contributed by atoms with Crippen molar-refractivity contribution in [3.63, 3.8) is 0 Å². The molecule has 19 heavy (non-hydrogen) atoms. The minimum Gasteiger partial charge on any atom is -0.313 e. The normalized spacial score (nSPS) is 30.0. The summed E-state index contributed by atoms with van der Waals surface area (Å²) < 4.78 is 0. The lowest BCUT2D eigenvalue weighted by atomic mass is 9.82. The maximum atomic E-state index is 3.83. The second-order valence-corrected chi connectivity index (χ2v) is 7.61. The van der Waals surface area contributed by atoms with Gasteiger partial charge < -0.3 is 5.32 Å². The fourth-order valence-electron chi connectivity index (χ4n) is 3.43. The molecular weight excluding hydrogens is 232 g/mol. The van der Waals surface area contributed by atoms with Crippen LogP contribution < -0.4 is 5.32 Å². The largest absolute Gasteiger partial charge is 0.313 e. The van der Waals surface area contributed by atoms with E-state index in [1.807, 2.05) is 0 Å². The standard InChI is InChI=1S/C17H34N2/c1-13(2)8-9-18-16-10-15(14(3)4)11-19(12-16)17-6-5-7-17/h13-18H,5-12H2,1-4H3. The number of likely N-dealkylation sites (tertiary alicyclic amines) is 1. The Kier molecular flexibility index (Phi) is 5.70. The van der Waals surface area contributed by atoms with Crippen LogP contribution in [0.25, 0.3) is 0 Å².